The molecule has 1 atom stereocenters. The molecule has 0 amide bonds. The van der Waals surface area contributed by atoms with Crippen molar-refractivity contribution in [3.05, 3.63) is 67.9 Å². The summed E-state index contributed by atoms with van der Waals surface area (Å²) in [6.45, 7) is 3.56. The van der Waals surface area contributed by atoms with Gasteiger partial charge in [0.2, 0.25) is 0 Å². The van der Waals surface area contributed by atoms with Gasteiger partial charge in [0.05, 0.1) is 9.85 Å². The molecular formula is C15H12Br2ClF. The first-order chi connectivity index (χ1) is 8.90. The Hall–Kier alpha value is -0.380. The molecule has 0 radical (unpaired) electrons. The van der Waals surface area contributed by atoms with E-state index in [-0.39, 0.29) is 10.6 Å². The average Bonchev–Trinajstić information content (AvgIpc) is 2.37. The van der Waals surface area contributed by atoms with E-state index in [0.717, 1.165) is 15.6 Å². The highest BCUT2D eigenvalue weighted by Crippen LogP contribution is 2.35. The maximum atomic E-state index is 13.7. The van der Waals surface area contributed by atoms with Crippen LogP contribution >= 0.6 is 43.5 Å². The first-order valence-corrected chi connectivity index (χ1v) is 7.84. The van der Waals surface area contributed by atoms with E-state index in [1.54, 1.807) is 13.8 Å². The van der Waals surface area contributed by atoms with Gasteiger partial charge in [0, 0.05) is 4.47 Å². The fourth-order valence-electron chi connectivity index (χ4n) is 1.99. The first kappa shape index (κ1) is 15.0. The second kappa shape index (κ2) is 5.94. The maximum Gasteiger partial charge on any atom is 0.129 e. The molecule has 0 aromatic heterocycles. The number of hydrogen-bond acceptors (Lipinski definition) is 0. The van der Waals surface area contributed by atoms with Crippen LogP contribution in [-0.4, -0.2) is 0 Å². The Morgan fingerprint density at radius 3 is 2.16 bits per heavy atom. The predicted octanol–water partition coefficient (Wildman–Crippen LogP) is 6.34. The van der Waals surface area contributed by atoms with E-state index in [1.165, 1.54) is 0 Å². The number of halogens is 4. The standard InChI is InChI=1S/C15H12Br2ClF/c1-8-5-11(6-9(2)15(8)19)14(17)10-3-4-13(18)12(16)7-10/h3-7,14H,1-2H3. The molecule has 2 aromatic rings. The number of rotatable bonds is 2. The summed E-state index contributed by atoms with van der Waals surface area (Å²) in [6, 6.07) is 9.50. The molecule has 0 bridgehead atoms. The van der Waals surface area contributed by atoms with Gasteiger partial charge in [-0.05, 0) is 64.2 Å². The van der Waals surface area contributed by atoms with Crippen LogP contribution in [-0.2, 0) is 0 Å². The summed E-state index contributed by atoms with van der Waals surface area (Å²) in [4.78, 5) is 0.0130. The highest BCUT2D eigenvalue weighted by Gasteiger charge is 2.14. The van der Waals surface area contributed by atoms with Crippen molar-refractivity contribution in [2.24, 2.45) is 0 Å². The molecule has 0 heterocycles. The van der Waals surface area contributed by atoms with Crippen LogP contribution < -0.4 is 0 Å². The summed E-state index contributed by atoms with van der Waals surface area (Å²) in [6.07, 6.45) is 0. The highest BCUT2D eigenvalue weighted by molar-refractivity contribution is 9.10. The fraction of sp³-hybridized carbons (Fsp3) is 0.200. The van der Waals surface area contributed by atoms with Crippen molar-refractivity contribution in [3.8, 4) is 0 Å². The van der Waals surface area contributed by atoms with Gasteiger partial charge < -0.3 is 0 Å². The SMILES string of the molecule is Cc1cc(C(Br)c2ccc(Cl)c(Br)c2)cc(C)c1F. The largest absolute Gasteiger partial charge is 0.206 e. The Balaban J connectivity index is 2.43. The quantitative estimate of drug-likeness (QED) is 0.510. The lowest BCUT2D eigenvalue weighted by atomic mass is 10.00. The molecule has 4 heteroatoms. The molecule has 0 aliphatic heterocycles. The van der Waals surface area contributed by atoms with Gasteiger partial charge >= 0.3 is 0 Å². The summed E-state index contributed by atoms with van der Waals surface area (Å²) in [5.41, 5.74) is 3.42. The summed E-state index contributed by atoms with van der Waals surface area (Å²) in [5, 5.41) is 0.676. The molecule has 0 fully saturated rings. The fourth-order valence-corrected chi connectivity index (χ4v) is 3.05. The van der Waals surface area contributed by atoms with Gasteiger partial charge in [0.1, 0.15) is 5.82 Å². The van der Waals surface area contributed by atoms with E-state index >= 15 is 0 Å². The van der Waals surface area contributed by atoms with Gasteiger partial charge in [-0.3, -0.25) is 0 Å². The highest BCUT2D eigenvalue weighted by atomic mass is 79.9. The van der Waals surface area contributed by atoms with E-state index in [4.69, 9.17) is 11.6 Å². The summed E-state index contributed by atoms with van der Waals surface area (Å²) in [5.74, 6) is -0.138. The minimum absolute atomic E-state index is 0.0130. The molecule has 0 spiro atoms. The number of hydrogen-bond donors (Lipinski definition) is 0. The molecule has 0 saturated heterocycles. The predicted molar refractivity (Wildman–Crippen MR) is 85.8 cm³/mol. The number of aryl methyl sites for hydroxylation is 2. The van der Waals surface area contributed by atoms with Crippen molar-refractivity contribution < 1.29 is 4.39 Å². The third-order valence-corrected chi connectivity index (χ3v) is 5.26. The third kappa shape index (κ3) is 3.21. The zero-order valence-electron chi connectivity index (χ0n) is 10.5. The van der Waals surface area contributed by atoms with Gasteiger partial charge in [-0.15, -0.1) is 0 Å². The van der Waals surface area contributed by atoms with Crippen molar-refractivity contribution in [2.45, 2.75) is 18.7 Å². The van der Waals surface area contributed by atoms with Crippen LogP contribution in [0.15, 0.2) is 34.8 Å². The lowest BCUT2D eigenvalue weighted by Gasteiger charge is -2.14. The van der Waals surface area contributed by atoms with Crippen molar-refractivity contribution in [1.82, 2.24) is 0 Å². The van der Waals surface area contributed by atoms with Crippen LogP contribution in [0, 0.1) is 19.7 Å². The first-order valence-electron chi connectivity index (χ1n) is 5.76. The topological polar surface area (TPSA) is 0 Å². The van der Waals surface area contributed by atoms with Crippen molar-refractivity contribution >= 4 is 43.5 Å². The van der Waals surface area contributed by atoms with Crippen LogP contribution in [0.2, 0.25) is 5.02 Å². The second-order valence-corrected chi connectivity index (χ2v) is 6.68. The number of benzene rings is 2. The van der Waals surface area contributed by atoms with E-state index in [0.29, 0.717) is 16.1 Å². The summed E-state index contributed by atoms with van der Waals surface area (Å²) >= 11 is 13.1. The maximum absolute atomic E-state index is 13.7. The monoisotopic (exact) mass is 404 g/mol. The van der Waals surface area contributed by atoms with Crippen LogP contribution in [0.5, 0.6) is 0 Å². The Bertz CT molecular complexity index is 603. The summed E-state index contributed by atoms with van der Waals surface area (Å²) < 4.78 is 14.5. The Morgan fingerprint density at radius 1 is 1.05 bits per heavy atom. The van der Waals surface area contributed by atoms with Crippen LogP contribution in [0.3, 0.4) is 0 Å². The van der Waals surface area contributed by atoms with Crippen molar-refractivity contribution in [3.63, 3.8) is 0 Å². The van der Waals surface area contributed by atoms with E-state index < -0.39 is 0 Å². The minimum Gasteiger partial charge on any atom is -0.206 e. The second-order valence-electron chi connectivity index (χ2n) is 4.50. The zero-order valence-corrected chi connectivity index (χ0v) is 14.4. The van der Waals surface area contributed by atoms with Crippen LogP contribution in [0.25, 0.3) is 0 Å². The Labute approximate surface area is 134 Å². The molecule has 2 rings (SSSR count). The van der Waals surface area contributed by atoms with Gasteiger partial charge in [-0.2, -0.15) is 0 Å². The molecule has 2 aromatic carbocycles. The Kier molecular flexibility index (Phi) is 4.70. The molecule has 100 valence electrons. The van der Waals surface area contributed by atoms with Gasteiger partial charge in [-0.25, -0.2) is 4.39 Å². The third-order valence-electron chi connectivity index (χ3n) is 2.99. The van der Waals surface area contributed by atoms with Crippen LogP contribution in [0.1, 0.15) is 27.1 Å². The zero-order chi connectivity index (χ0) is 14.2. The molecule has 19 heavy (non-hydrogen) atoms. The minimum atomic E-state index is -0.138. The summed E-state index contributed by atoms with van der Waals surface area (Å²) in [7, 11) is 0. The smallest absolute Gasteiger partial charge is 0.129 e. The van der Waals surface area contributed by atoms with Crippen LogP contribution in [0.4, 0.5) is 4.39 Å². The molecule has 0 aliphatic rings. The molecule has 1 unspecified atom stereocenters. The molecular weight excluding hydrogens is 394 g/mol. The molecule has 0 saturated carbocycles. The van der Waals surface area contributed by atoms with Gasteiger partial charge in [0.25, 0.3) is 0 Å². The molecule has 0 aliphatic carbocycles. The van der Waals surface area contributed by atoms with Crippen molar-refractivity contribution in [2.75, 3.05) is 0 Å². The normalized spacial score (nSPS) is 12.5. The van der Waals surface area contributed by atoms with Gasteiger partial charge in [-0.1, -0.05) is 45.7 Å². The van der Waals surface area contributed by atoms with E-state index in [9.17, 15) is 4.39 Å². The molecule has 0 nitrogen and oxygen atoms in total. The number of alkyl halides is 1. The Morgan fingerprint density at radius 2 is 1.63 bits per heavy atom. The van der Waals surface area contributed by atoms with E-state index in [1.807, 2.05) is 30.3 Å². The molecule has 0 N–H and O–H groups in total. The van der Waals surface area contributed by atoms with Gasteiger partial charge in [0.15, 0.2) is 0 Å². The van der Waals surface area contributed by atoms with E-state index in [2.05, 4.69) is 31.9 Å². The lowest BCUT2D eigenvalue weighted by Crippen LogP contribution is -1.97. The van der Waals surface area contributed by atoms with Crippen molar-refractivity contribution in [1.29, 1.82) is 0 Å². The average molecular weight is 407 g/mol. The lowest BCUT2D eigenvalue weighted by molar-refractivity contribution is 0.608.